The predicted molar refractivity (Wildman–Crippen MR) is 77.8 cm³/mol. The topological polar surface area (TPSA) is 77.1 Å². The van der Waals surface area contributed by atoms with E-state index in [0.717, 1.165) is 4.57 Å². The second-order valence-electron chi connectivity index (χ2n) is 4.07. The van der Waals surface area contributed by atoms with Gasteiger partial charge in [-0.1, -0.05) is 6.07 Å². The molecular formula is C13H11BrFN3O2. The molecule has 1 aromatic heterocycles. The molecule has 0 unspecified atom stereocenters. The molecule has 7 heteroatoms. The summed E-state index contributed by atoms with van der Waals surface area (Å²) in [6, 6.07) is 7.06. The molecule has 1 heterocycles. The van der Waals surface area contributed by atoms with Crippen LogP contribution in [-0.4, -0.2) is 10.5 Å². The van der Waals surface area contributed by atoms with Crippen molar-refractivity contribution in [3.05, 3.63) is 57.2 Å². The van der Waals surface area contributed by atoms with Gasteiger partial charge in [-0.05, 0) is 34.1 Å². The quantitative estimate of drug-likeness (QED) is 0.897. The summed E-state index contributed by atoms with van der Waals surface area (Å²) in [5, 5.41) is 2.41. The van der Waals surface area contributed by atoms with Gasteiger partial charge in [-0.2, -0.15) is 0 Å². The number of carbonyl (C=O) groups excluding carboxylic acids is 1. The highest BCUT2D eigenvalue weighted by atomic mass is 79.9. The zero-order valence-corrected chi connectivity index (χ0v) is 11.9. The second kappa shape index (κ2) is 5.87. The Morgan fingerprint density at radius 1 is 1.35 bits per heavy atom. The predicted octanol–water partition coefficient (Wildman–Crippen LogP) is 1.97. The molecule has 0 atom stereocenters. The highest BCUT2D eigenvalue weighted by Crippen LogP contribution is 2.24. The minimum atomic E-state index is -0.562. The number of carbonyl (C=O) groups is 1. The normalized spacial score (nSPS) is 10.3. The largest absolute Gasteiger partial charge is 0.398 e. The molecule has 3 N–H and O–H groups in total. The van der Waals surface area contributed by atoms with E-state index < -0.39 is 11.7 Å². The molecule has 0 aliphatic rings. The van der Waals surface area contributed by atoms with Crippen molar-refractivity contribution in [1.29, 1.82) is 0 Å². The summed E-state index contributed by atoms with van der Waals surface area (Å²) < 4.78 is 15.1. The van der Waals surface area contributed by atoms with E-state index in [1.54, 1.807) is 6.07 Å². The van der Waals surface area contributed by atoms with Crippen molar-refractivity contribution in [2.75, 3.05) is 11.1 Å². The lowest BCUT2D eigenvalue weighted by atomic mass is 10.3. The van der Waals surface area contributed by atoms with E-state index in [1.165, 1.54) is 30.5 Å². The van der Waals surface area contributed by atoms with E-state index in [0.29, 0.717) is 10.2 Å². The number of pyridine rings is 1. The maximum absolute atomic E-state index is 13.6. The van der Waals surface area contributed by atoms with Gasteiger partial charge in [0.25, 0.3) is 5.56 Å². The van der Waals surface area contributed by atoms with Gasteiger partial charge in [0.05, 0.1) is 5.69 Å². The molecule has 1 aromatic carbocycles. The Morgan fingerprint density at radius 3 is 2.80 bits per heavy atom. The van der Waals surface area contributed by atoms with E-state index in [2.05, 4.69) is 21.2 Å². The third-order valence-corrected chi connectivity index (χ3v) is 3.21. The van der Waals surface area contributed by atoms with Crippen molar-refractivity contribution in [3.63, 3.8) is 0 Å². The SMILES string of the molecule is Nc1ccc(=O)n(CC(=O)Nc2c(F)cccc2Br)c1. The number of nitrogen functional groups attached to an aromatic ring is 1. The smallest absolute Gasteiger partial charge is 0.251 e. The molecular weight excluding hydrogens is 329 g/mol. The van der Waals surface area contributed by atoms with Crippen LogP contribution in [0.4, 0.5) is 15.8 Å². The Morgan fingerprint density at radius 2 is 2.10 bits per heavy atom. The summed E-state index contributed by atoms with van der Waals surface area (Å²) >= 11 is 3.14. The molecule has 20 heavy (non-hydrogen) atoms. The van der Waals surface area contributed by atoms with Gasteiger partial charge in [-0.25, -0.2) is 4.39 Å². The van der Waals surface area contributed by atoms with Crippen LogP contribution in [0.5, 0.6) is 0 Å². The van der Waals surface area contributed by atoms with Crippen molar-refractivity contribution in [1.82, 2.24) is 4.57 Å². The highest BCUT2D eigenvalue weighted by Gasteiger charge is 2.11. The Bertz CT molecular complexity index is 695. The van der Waals surface area contributed by atoms with E-state index in [1.807, 2.05) is 0 Å². The summed E-state index contributed by atoms with van der Waals surface area (Å²) in [4.78, 5) is 23.4. The number of nitrogens with one attached hydrogen (secondary N) is 1. The number of nitrogens with two attached hydrogens (primary N) is 1. The average molecular weight is 340 g/mol. The number of anilines is 2. The number of hydrogen-bond acceptors (Lipinski definition) is 3. The molecule has 1 amide bonds. The maximum Gasteiger partial charge on any atom is 0.251 e. The number of para-hydroxylation sites is 1. The van der Waals surface area contributed by atoms with Gasteiger partial charge in [0.1, 0.15) is 12.4 Å². The summed E-state index contributed by atoms with van der Waals surface area (Å²) in [6.07, 6.45) is 1.36. The number of amides is 1. The lowest BCUT2D eigenvalue weighted by Gasteiger charge is -2.10. The fourth-order valence-electron chi connectivity index (χ4n) is 1.62. The van der Waals surface area contributed by atoms with Gasteiger partial charge in [-0.15, -0.1) is 0 Å². The zero-order valence-electron chi connectivity index (χ0n) is 10.3. The minimum Gasteiger partial charge on any atom is -0.398 e. The van der Waals surface area contributed by atoms with Gasteiger partial charge < -0.3 is 15.6 Å². The molecule has 0 aliphatic carbocycles. The van der Waals surface area contributed by atoms with Crippen LogP contribution in [0.25, 0.3) is 0 Å². The summed E-state index contributed by atoms with van der Waals surface area (Å²) in [5.41, 5.74) is 5.59. The molecule has 0 saturated heterocycles. The van der Waals surface area contributed by atoms with Gasteiger partial charge in [-0.3, -0.25) is 9.59 Å². The number of hydrogen-bond donors (Lipinski definition) is 2. The number of aromatic nitrogens is 1. The summed E-state index contributed by atoms with van der Waals surface area (Å²) in [7, 11) is 0. The highest BCUT2D eigenvalue weighted by molar-refractivity contribution is 9.10. The number of nitrogens with zero attached hydrogens (tertiary/aromatic N) is 1. The lowest BCUT2D eigenvalue weighted by Crippen LogP contribution is -2.27. The molecule has 2 rings (SSSR count). The van der Waals surface area contributed by atoms with Gasteiger partial charge in [0.2, 0.25) is 5.91 Å². The molecule has 0 aliphatic heterocycles. The van der Waals surface area contributed by atoms with Crippen molar-refractivity contribution < 1.29 is 9.18 Å². The summed E-state index contributed by atoms with van der Waals surface area (Å²) in [6.45, 7) is -0.245. The Hall–Kier alpha value is -2.15. The third-order valence-electron chi connectivity index (χ3n) is 2.55. The first-order valence-corrected chi connectivity index (χ1v) is 6.46. The molecule has 0 radical (unpaired) electrons. The first-order chi connectivity index (χ1) is 9.47. The van der Waals surface area contributed by atoms with Gasteiger partial charge in [0, 0.05) is 22.4 Å². The molecule has 0 saturated carbocycles. The van der Waals surface area contributed by atoms with Crippen LogP contribution in [0, 0.1) is 5.82 Å². The molecule has 5 nitrogen and oxygen atoms in total. The van der Waals surface area contributed by atoms with E-state index in [4.69, 9.17) is 5.73 Å². The monoisotopic (exact) mass is 339 g/mol. The third kappa shape index (κ3) is 3.24. The summed E-state index contributed by atoms with van der Waals surface area (Å²) in [5.74, 6) is -1.09. The fourth-order valence-corrected chi connectivity index (χ4v) is 2.07. The lowest BCUT2D eigenvalue weighted by molar-refractivity contribution is -0.116. The van der Waals surface area contributed by atoms with Crippen molar-refractivity contribution >= 4 is 33.2 Å². The maximum atomic E-state index is 13.6. The number of halogens is 2. The molecule has 2 aromatic rings. The van der Waals surface area contributed by atoms with Crippen LogP contribution < -0.4 is 16.6 Å². The number of benzene rings is 1. The van der Waals surface area contributed by atoms with Crippen LogP contribution in [-0.2, 0) is 11.3 Å². The van der Waals surface area contributed by atoms with Crippen molar-refractivity contribution in [3.8, 4) is 0 Å². The van der Waals surface area contributed by atoms with Crippen molar-refractivity contribution in [2.45, 2.75) is 6.54 Å². The van der Waals surface area contributed by atoms with Crippen molar-refractivity contribution in [2.24, 2.45) is 0 Å². The van der Waals surface area contributed by atoms with Gasteiger partial charge >= 0.3 is 0 Å². The van der Waals surface area contributed by atoms with Crippen LogP contribution in [0.3, 0.4) is 0 Å². The average Bonchev–Trinajstić information content (AvgIpc) is 2.38. The molecule has 0 fully saturated rings. The van der Waals surface area contributed by atoms with Crippen LogP contribution in [0.15, 0.2) is 45.8 Å². The van der Waals surface area contributed by atoms with Gasteiger partial charge in [0.15, 0.2) is 0 Å². The molecule has 0 bridgehead atoms. The van der Waals surface area contributed by atoms with E-state index in [-0.39, 0.29) is 17.8 Å². The van der Waals surface area contributed by atoms with E-state index >= 15 is 0 Å². The Balaban J connectivity index is 2.17. The van der Waals surface area contributed by atoms with Crippen LogP contribution in [0.2, 0.25) is 0 Å². The number of rotatable bonds is 3. The second-order valence-corrected chi connectivity index (χ2v) is 4.93. The Kier molecular flexibility index (Phi) is 4.19. The first kappa shape index (κ1) is 14.3. The molecule has 104 valence electrons. The Labute approximate surface area is 122 Å². The molecule has 0 spiro atoms. The fraction of sp³-hybridized carbons (Fsp3) is 0.0769. The first-order valence-electron chi connectivity index (χ1n) is 5.67. The van der Waals surface area contributed by atoms with Crippen LogP contribution in [0.1, 0.15) is 0 Å². The van der Waals surface area contributed by atoms with Crippen LogP contribution >= 0.6 is 15.9 Å². The minimum absolute atomic E-state index is 0.0365. The zero-order chi connectivity index (χ0) is 14.7. The standard InChI is InChI=1S/C13H11BrFN3O2/c14-9-2-1-3-10(15)13(9)17-11(19)7-18-6-8(16)4-5-12(18)20/h1-6H,7,16H2,(H,17,19). The van der Waals surface area contributed by atoms with E-state index in [9.17, 15) is 14.0 Å².